The molecule has 1 heterocycles. The van der Waals surface area contributed by atoms with Gasteiger partial charge in [-0.15, -0.1) is 0 Å². The molecule has 0 atom stereocenters. The second-order valence-corrected chi connectivity index (χ2v) is 4.42. The second-order valence-electron chi connectivity index (χ2n) is 4.42. The Balaban J connectivity index is 2.05. The number of fused-ring (bicyclic) bond motifs is 1. The molecular formula is C17H11F2N. The van der Waals surface area contributed by atoms with Crippen LogP contribution in [0.5, 0.6) is 0 Å². The lowest BCUT2D eigenvalue weighted by Crippen LogP contribution is -1.86. The van der Waals surface area contributed by atoms with Crippen molar-refractivity contribution in [2.24, 2.45) is 0 Å². The molecule has 0 spiro atoms. The van der Waals surface area contributed by atoms with Crippen LogP contribution in [0.4, 0.5) is 8.78 Å². The van der Waals surface area contributed by atoms with Crippen molar-refractivity contribution in [2.75, 3.05) is 0 Å². The minimum Gasteiger partial charge on any atom is -0.256 e. The highest BCUT2D eigenvalue weighted by molar-refractivity contribution is 5.91. The Bertz CT molecular complexity index is 789. The lowest BCUT2D eigenvalue weighted by Gasteiger charge is -2.01. The zero-order valence-electron chi connectivity index (χ0n) is 10.6. The first kappa shape index (κ1) is 12.5. The molecule has 2 aromatic carbocycles. The largest absolute Gasteiger partial charge is 0.256 e. The zero-order valence-corrected chi connectivity index (χ0v) is 10.6. The lowest BCUT2D eigenvalue weighted by molar-refractivity contribution is 0.598. The summed E-state index contributed by atoms with van der Waals surface area (Å²) >= 11 is 0. The van der Waals surface area contributed by atoms with E-state index in [-0.39, 0.29) is 5.56 Å². The van der Waals surface area contributed by atoms with Gasteiger partial charge in [0.05, 0.1) is 5.69 Å². The van der Waals surface area contributed by atoms with Crippen molar-refractivity contribution < 1.29 is 8.78 Å². The highest BCUT2D eigenvalue weighted by Crippen LogP contribution is 2.19. The predicted molar refractivity (Wildman–Crippen MR) is 77.0 cm³/mol. The van der Waals surface area contributed by atoms with Gasteiger partial charge in [0.1, 0.15) is 11.6 Å². The van der Waals surface area contributed by atoms with Gasteiger partial charge in [-0.1, -0.05) is 24.3 Å². The molecule has 0 unspecified atom stereocenters. The van der Waals surface area contributed by atoms with Crippen molar-refractivity contribution in [3.05, 3.63) is 77.6 Å². The standard InChI is InChI=1S/C17H11F2N/c18-14-6-7-16(19)13(11-14)5-8-17-15-4-2-1-3-12(15)9-10-20-17/h1-11H/b8-5+. The summed E-state index contributed by atoms with van der Waals surface area (Å²) in [5.41, 5.74) is 0.937. The first-order valence-corrected chi connectivity index (χ1v) is 6.21. The number of hydrogen-bond donors (Lipinski definition) is 0. The topological polar surface area (TPSA) is 12.9 Å². The minimum absolute atomic E-state index is 0.208. The van der Waals surface area contributed by atoms with Gasteiger partial charge >= 0.3 is 0 Å². The Hall–Kier alpha value is -2.55. The van der Waals surface area contributed by atoms with E-state index in [2.05, 4.69) is 4.98 Å². The molecule has 3 rings (SSSR count). The molecular weight excluding hydrogens is 256 g/mol. The van der Waals surface area contributed by atoms with Crippen molar-refractivity contribution in [2.45, 2.75) is 0 Å². The molecule has 1 nitrogen and oxygen atoms in total. The zero-order chi connectivity index (χ0) is 13.9. The fourth-order valence-corrected chi connectivity index (χ4v) is 2.09. The summed E-state index contributed by atoms with van der Waals surface area (Å²) < 4.78 is 26.7. The summed E-state index contributed by atoms with van der Waals surface area (Å²) in [6.07, 6.45) is 4.93. The summed E-state index contributed by atoms with van der Waals surface area (Å²) in [6, 6.07) is 13.1. The van der Waals surface area contributed by atoms with E-state index in [4.69, 9.17) is 0 Å². The van der Waals surface area contributed by atoms with Crippen molar-refractivity contribution in [1.29, 1.82) is 0 Å². The molecule has 20 heavy (non-hydrogen) atoms. The van der Waals surface area contributed by atoms with Crippen LogP contribution in [0.1, 0.15) is 11.3 Å². The number of pyridine rings is 1. The Morgan fingerprint density at radius 3 is 2.65 bits per heavy atom. The van der Waals surface area contributed by atoms with E-state index in [0.29, 0.717) is 0 Å². The molecule has 0 radical (unpaired) electrons. The third-order valence-electron chi connectivity index (χ3n) is 3.08. The number of rotatable bonds is 2. The summed E-state index contributed by atoms with van der Waals surface area (Å²) in [6.45, 7) is 0. The van der Waals surface area contributed by atoms with Gasteiger partial charge in [0, 0.05) is 17.1 Å². The first-order valence-electron chi connectivity index (χ1n) is 6.21. The third kappa shape index (κ3) is 2.43. The molecule has 1 aromatic heterocycles. The van der Waals surface area contributed by atoms with Crippen LogP contribution < -0.4 is 0 Å². The Morgan fingerprint density at radius 1 is 0.900 bits per heavy atom. The molecule has 3 aromatic rings. The monoisotopic (exact) mass is 267 g/mol. The van der Waals surface area contributed by atoms with E-state index >= 15 is 0 Å². The van der Waals surface area contributed by atoms with Gasteiger partial charge in [-0.2, -0.15) is 0 Å². The third-order valence-corrected chi connectivity index (χ3v) is 3.08. The van der Waals surface area contributed by atoms with Gasteiger partial charge in [0.25, 0.3) is 0 Å². The molecule has 0 N–H and O–H groups in total. The summed E-state index contributed by atoms with van der Waals surface area (Å²) in [5, 5.41) is 2.03. The predicted octanol–water partition coefficient (Wildman–Crippen LogP) is 4.68. The summed E-state index contributed by atoms with van der Waals surface area (Å²) in [5.74, 6) is -0.917. The van der Waals surface area contributed by atoms with Gasteiger partial charge in [-0.25, -0.2) is 8.78 Å². The van der Waals surface area contributed by atoms with Crippen molar-refractivity contribution in [3.63, 3.8) is 0 Å². The SMILES string of the molecule is Fc1ccc(F)c(/C=C/c2nccc3ccccc23)c1. The number of aromatic nitrogens is 1. The van der Waals surface area contributed by atoms with Gasteiger partial charge in [0.15, 0.2) is 0 Å². The van der Waals surface area contributed by atoms with Crippen molar-refractivity contribution >= 4 is 22.9 Å². The van der Waals surface area contributed by atoms with Crippen molar-refractivity contribution in [1.82, 2.24) is 4.98 Å². The van der Waals surface area contributed by atoms with E-state index in [0.717, 1.165) is 34.7 Å². The van der Waals surface area contributed by atoms with Crippen LogP contribution in [0.2, 0.25) is 0 Å². The molecule has 3 heteroatoms. The molecule has 0 bridgehead atoms. The first-order chi connectivity index (χ1) is 9.74. The van der Waals surface area contributed by atoms with Crippen LogP contribution in [0, 0.1) is 11.6 Å². The Morgan fingerprint density at radius 2 is 1.75 bits per heavy atom. The van der Waals surface area contributed by atoms with Gasteiger partial charge in [-0.3, -0.25) is 4.98 Å². The van der Waals surface area contributed by atoms with Gasteiger partial charge < -0.3 is 0 Å². The van der Waals surface area contributed by atoms with Crippen molar-refractivity contribution in [3.8, 4) is 0 Å². The lowest BCUT2D eigenvalue weighted by atomic mass is 10.1. The van der Waals surface area contributed by atoms with Gasteiger partial charge in [0.2, 0.25) is 0 Å². The van der Waals surface area contributed by atoms with Crippen LogP contribution in [0.15, 0.2) is 54.7 Å². The maximum absolute atomic E-state index is 13.5. The van der Waals surface area contributed by atoms with Crippen LogP contribution in [0.25, 0.3) is 22.9 Å². The maximum atomic E-state index is 13.5. The number of hydrogen-bond acceptors (Lipinski definition) is 1. The van der Waals surface area contributed by atoms with E-state index in [9.17, 15) is 8.78 Å². The smallest absolute Gasteiger partial charge is 0.130 e. The number of nitrogens with zero attached hydrogens (tertiary/aromatic N) is 1. The van der Waals surface area contributed by atoms with E-state index in [1.54, 1.807) is 12.3 Å². The van der Waals surface area contributed by atoms with Crippen LogP contribution in [0.3, 0.4) is 0 Å². The molecule has 98 valence electrons. The van der Waals surface area contributed by atoms with Crippen LogP contribution in [-0.2, 0) is 0 Å². The van der Waals surface area contributed by atoms with Crippen LogP contribution in [-0.4, -0.2) is 4.98 Å². The Labute approximate surface area is 115 Å². The molecule has 0 amide bonds. The Kier molecular flexibility index (Phi) is 3.25. The number of benzene rings is 2. The second kappa shape index (κ2) is 5.21. The fraction of sp³-hybridized carbons (Fsp3) is 0. The van der Waals surface area contributed by atoms with Gasteiger partial charge in [-0.05, 0) is 41.8 Å². The quantitative estimate of drug-likeness (QED) is 0.656. The average molecular weight is 267 g/mol. The normalized spacial score (nSPS) is 11.3. The molecule has 0 aliphatic carbocycles. The average Bonchev–Trinajstić information content (AvgIpc) is 2.48. The molecule has 0 fully saturated rings. The summed E-state index contributed by atoms with van der Waals surface area (Å²) in [7, 11) is 0. The molecule has 0 aliphatic heterocycles. The highest BCUT2D eigenvalue weighted by Gasteiger charge is 2.02. The number of halogens is 2. The molecule has 0 saturated heterocycles. The highest BCUT2D eigenvalue weighted by atomic mass is 19.1. The fourth-order valence-electron chi connectivity index (χ4n) is 2.09. The maximum Gasteiger partial charge on any atom is 0.130 e. The molecule has 0 saturated carbocycles. The van der Waals surface area contributed by atoms with Crippen LogP contribution >= 0.6 is 0 Å². The summed E-state index contributed by atoms with van der Waals surface area (Å²) in [4.78, 5) is 4.27. The minimum atomic E-state index is -0.461. The van der Waals surface area contributed by atoms with E-state index in [1.807, 2.05) is 30.3 Å². The van der Waals surface area contributed by atoms with E-state index in [1.165, 1.54) is 6.08 Å². The molecule has 0 aliphatic rings. The van der Waals surface area contributed by atoms with E-state index < -0.39 is 11.6 Å².